The smallest absolute Gasteiger partial charge is 0.428 e. The van der Waals surface area contributed by atoms with E-state index < -0.39 is 11.8 Å². The summed E-state index contributed by atoms with van der Waals surface area (Å²) in [5.41, 5.74) is 7.71. The topological polar surface area (TPSA) is 96.4 Å². The fourth-order valence-electron chi connectivity index (χ4n) is 2.67. The van der Waals surface area contributed by atoms with E-state index in [1.807, 2.05) is 18.2 Å². The van der Waals surface area contributed by atoms with E-state index in [4.69, 9.17) is 15.2 Å². The van der Waals surface area contributed by atoms with Crippen molar-refractivity contribution in [2.45, 2.75) is 32.9 Å². The minimum Gasteiger partial charge on any atom is -0.428 e. The van der Waals surface area contributed by atoms with Crippen LogP contribution in [0, 0.1) is 0 Å². The maximum absolute atomic E-state index is 12.2. The lowest BCUT2D eigenvalue weighted by Crippen LogP contribution is -2.26. The van der Waals surface area contributed by atoms with Gasteiger partial charge in [0.15, 0.2) is 0 Å². The van der Waals surface area contributed by atoms with Gasteiger partial charge in [0.2, 0.25) is 0 Å². The molecule has 29 heavy (non-hydrogen) atoms. The van der Waals surface area contributed by atoms with Gasteiger partial charge >= 0.3 is 6.16 Å². The third-order valence-corrected chi connectivity index (χ3v) is 3.87. The number of aromatic nitrogens is 2. The van der Waals surface area contributed by atoms with Gasteiger partial charge in [0.05, 0.1) is 12.2 Å². The zero-order chi connectivity index (χ0) is 21.0. The van der Waals surface area contributed by atoms with Crippen molar-refractivity contribution < 1.29 is 14.3 Å². The van der Waals surface area contributed by atoms with Gasteiger partial charge in [0.25, 0.3) is 5.56 Å². The van der Waals surface area contributed by atoms with Gasteiger partial charge in [-0.15, -0.1) is 0 Å². The minimum atomic E-state index is -0.783. The number of rotatable bonds is 4. The van der Waals surface area contributed by atoms with Crippen molar-refractivity contribution in [3.8, 4) is 17.0 Å². The number of hydrogen-bond acceptors (Lipinski definition) is 6. The molecule has 3 aromatic rings. The average Bonchev–Trinajstić information content (AvgIpc) is 2.62. The molecule has 0 saturated heterocycles. The number of nitrogens with zero attached hydrogens (tertiary/aromatic N) is 2. The number of ether oxygens (including phenoxy) is 2. The highest BCUT2D eigenvalue weighted by molar-refractivity contribution is 5.67. The number of hydrogen-bond donors (Lipinski definition) is 1. The second-order valence-electron chi connectivity index (χ2n) is 7.55. The van der Waals surface area contributed by atoms with Crippen LogP contribution in [0.4, 0.5) is 10.5 Å². The van der Waals surface area contributed by atoms with Crippen molar-refractivity contribution in [2.24, 2.45) is 0 Å². The van der Waals surface area contributed by atoms with Gasteiger partial charge in [-0.3, -0.25) is 4.79 Å². The van der Waals surface area contributed by atoms with Crippen LogP contribution in [0.5, 0.6) is 5.75 Å². The molecule has 0 aliphatic carbocycles. The lowest BCUT2D eigenvalue weighted by Gasteiger charge is -2.18. The Bertz CT molecular complexity index is 1080. The molecule has 0 aliphatic heterocycles. The SMILES string of the molecule is CC(C)(C)OC(=O)Oc1cccc(-c2ccc(=O)n(Cc3cccc(N)c3)n2)c1. The van der Waals surface area contributed by atoms with Crippen LogP contribution in [0.1, 0.15) is 26.3 Å². The molecule has 0 amide bonds. The molecule has 0 atom stereocenters. The highest BCUT2D eigenvalue weighted by atomic mass is 16.7. The van der Waals surface area contributed by atoms with E-state index in [0.717, 1.165) is 5.56 Å². The van der Waals surface area contributed by atoms with Crippen LogP contribution in [0.15, 0.2) is 65.5 Å². The van der Waals surface area contributed by atoms with Crippen LogP contribution in [0.25, 0.3) is 11.3 Å². The lowest BCUT2D eigenvalue weighted by atomic mass is 10.1. The van der Waals surface area contributed by atoms with Gasteiger partial charge in [0.1, 0.15) is 11.4 Å². The zero-order valence-electron chi connectivity index (χ0n) is 16.6. The van der Waals surface area contributed by atoms with Gasteiger partial charge in [-0.2, -0.15) is 5.10 Å². The molecule has 0 aliphatic rings. The Morgan fingerprint density at radius 3 is 2.55 bits per heavy atom. The number of benzene rings is 2. The molecule has 0 radical (unpaired) electrons. The maximum atomic E-state index is 12.2. The summed E-state index contributed by atoms with van der Waals surface area (Å²) < 4.78 is 11.8. The molecular weight excluding hydrogens is 370 g/mol. The molecule has 0 spiro atoms. The second kappa shape index (κ2) is 8.18. The highest BCUT2D eigenvalue weighted by Gasteiger charge is 2.18. The first-order valence-electron chi connectivity index (χ1n) is 9.13. The van der Waals surface area contributed by atoms with E-state index in [1.165, 1.54) is 10.7 Å². The standard InChI is InChI=1S/C22H23N3O4/c1-22(2,3)29-21(27)28-18-9-5-7-16(13-18)19-10-11-20(26)25(24-19)14-15-6-4-8-17(23)12-15/h4-13H,14,23H2,1-3H3. The Kier molecular flexibility index (Phi) is 5.68. The van der Waals surface area contributed by atoms with Crippen molar-refractivity contribution in [3.05, 3.63) is 76.6 Å². The number of anilines is 1. The molecule has 0 saturated carbocycles. The minimum absolute atomic E-state index is 0.225. The van der Waals surface area contributed by atoms with Crippen molar-refractivity contribution in [1.82, 2.24) is 9.78 Å². The van der Waals surface area contributed by atoms with Crippen molar-refractivity contribution in [2.75, 3.05) is 5.73 Å². The molecule has 1 heterocycles. The van der Waals surface area contributed by atoms with Gasteiger partial charge in [-0.05, 0) is 56.7 Å². The Morgan fingerprint density at radius 1 is 1.07 bits per heavy atom. The molecule has 1 aromatic heterocycles. The van der Waals surface area contributed by atoms with Gasteiger partial charge < -0.3 is 15.2 Å². The monoisotopic (exact) mass is 393 g/mol. The first-order valence-corrected chi connectivity index (χ1v) is 9.13. The van der Waals surface area contributed by atoms with Crippen LogP contribution < -0.4 is 16.0 Å². The normalized spacial score (nSPS) is 11.1. The molecule has 0 bridgehead atoms. The van der Waals surface area contributed by atoms with Gasteiger partial charge in [-0.1, -0.05) is 24.3 Å². The summed E-state index contributed by atoms with van der Waals surface area (Å²) in [5.74, 6) is 0.326. The van der Waals surface area contributed by atoms with Gasteiger partial charge in [-0.25, -0.2) is 9.48 Å². The molecule has 0 unspecified atom stereocenters. The number of nitrogen functional groups attached to an aromatic ring is 1. The Labute approximate surface area is 168 Å². The summed E-state index contributed by atoms with van der Waals surface area (Å²) in [6.07, 6.45) is -0.783. The third kappa shape index (κ3) is 5.68. The van der Waals surface area contributed by atoms with Gasteiger partial charge in [0, 0.05) is 17.3 Å². The van der Waals surface area contributed by atoms with Crippen molar-refractivity contribution in [1.29, 1.82) is 0 Å². The largest absolute Gasteiger partial charge is 0.514 e. The van der Waals surface area contributed by atoms with E-state index in [0.29, 0.717) is 29.2 Å². The van der Waals surface area contributed by atoms with E-state index in [9.17, 15) is 9.59 Å². The summed E-state index contributed by atoms with van der Waals surface area (Å²) >= 11 is 0. The van der Waals surface area contributed by atoms with E-state index >= 15 is 0 Å². The molecule has 2 N–H and O–H groups in total. The number of nitrogens with two attached hydrogens (primary N) is 1. The summed E-state index contributed by atoms with van der Waals surface area (Å²) in [5, 5.41) is 4.44. The molecule has 0 fully saturated rings. The predicted molar refractivity (Wildman–Crippen MR) is 111 cm³/mol. The van der Waals surface area contributed by atoms with E-state index in [2.05, 4.69) is 5.10 Å². The maximum Gasteiger partial charge on any atom is 0.514 e. The molecular formula is C22H23N3O4. The zero-order valence-corrected chi connectivity index (χ0v) is 16.6. The van der Waals surface area contributed by atoms with E-state index in [1.54, 1.807) is 57.2 Å². The Hall–Kier alpha value is -3.61. The van der Waals surface area contributed by atoms with Crippen LogP contribution >= 0.6 is 0 Å². The van der Waals surface area contributed by atoms with Crippen molar-refractivity contribution in [3.63, 3.8) is 0 Å². The fourth-order valence-corrected chi connectivity index (χ4v) is 2.67. The first-order chi connectivity index (χ1) is 13.7. The molecule has 7 heteroatoms. The first kappa shape index (κ1) is 20.1. The molecule has 2 aromatic carbocycles. The highest BCUT2D eigenvalue weighted by Crippen LogP contribution is 2.22. The van der Waals surface area contributed by atoms with Crippen molar-refractivity contribution >= 4 is 11.8 Å². The summed E-state index contributed by atoms with van der Waals surface area (Å²) in [6.45, 7) is 5.58. The fraction of sp³-hybridized carbons (Fsp3) is 0.227. The third-order valence-electron chi connectivity index (χ3n) is 3.87. The Morgan fingerprint density at radius 2 is 1.83 bits per heavy atom. The second-order valence-corrected chi connectivity index (χ2v) is 7.55. The molecule has 7 nitrogen and oxygen atoms in total. The van der Waals surface area contributed by atoms with Crippen LogP contribution in [0.2, 0.25) is 0 Å². The number of carbonyl (C=O) groups is 1. The van der Waals surface area contributed by atoms with Crippen LogP contribution in [0.3, 0.4) is 0 Å². The summed E-state index contributed by atoms with van der Waals surface area (Å²) in [6, 6.07) is 17.3. The van der Waals surface area contributed by atoms with Crippen LogP contribution in [-0.2, 0) is 11.3 Å². The summed E-state index contributed by atoms with van der Waals surface area (Å²) in [7, 11) is 0. The quantitative estimate of drug-likeness (QED) is 0.411. The summed E-state index contributed by atoms with van der Waals surface area (Å²) in [4.78, 5) is 24.1. The Balaban J connectivity index is 1.84. The van der Waals surface area contributed by atoms with E-state index in [-0.39, 0.29) is 5.56 Å². The number of carbonyl (C=O) groups excluding carboxylic acids is 1. The molecule has 150 valence electrons. The predicted octanol–water partition coefficient (Wildman–Crippen LogP) is 3.85. The lowest BCUT2D eigenvalue weighted by molar-refractivity contribution is 0.0206. The van der Waals surface area contributed by atoms with Crippen LogP contribution in [-0.4, -0.2) is 21.5 Å². The molecule has 3 rings (SSSR count). The average molecular weight is 393 g/mol.